The molecule has 1 aliphatic carbocycles. The summed E-state index contributed by atoms with van der Waals surface area (Å²) in [4.78, 5) is 0. The van der Waals surface area contributed by atoms with Crippen LogP contribution in [0, 0.1) is 0 Å². The quantitative estimate of drug-likeness (QED) is 0.123. The van der Waals surface area contributed by atoms with E-state index in [1.54, 1.807) is 0 Å². The van der Waals surface area contributed by atoms with Crippen molar-refractivity contribution in [1.82, 2.24) is 22.8 Å². The molecular weight excluding hydrogens is 1320 g/mol. The fourth-order valence-electron chi connectivity index (χ4n) is 18.7. The van der Waals surface area contributed by atoms with Crippen LogP contribution in [-0.4, -0.2) is 22.8 Å². The van der Waals surface area contributed by atoms with Gasteiger partial charge in [0.15, 0.2) is 0 Å². The van der Waals surface area contributed by atoms with E-state index in [0.29, 0.717) is 0 Å². The monoisotopic (exact) mass is 1390 g/mol. The van der Waals surface area contributed by atoms with E-state index in [4.69, 9.17) is 0 Å². The first kappa shape index (κ1) is 61.1. The third-order valence-corrected chi connectivity index (χ3v) is 23.5. The molecule has 0 spiro atoms. The van der Waals surface area contributed by atoms with Crippen molar-refractivity contribution in [2.75, 3.05) is 0 Å². The third kappa shape index (κ3) is 9.27. The number of rotatable bonds is 11. The summed E-state index contributed by atoms with van der Waals surface area (Å²) >= 11 is 0. The van der Waals surface area contributed by atoms with Crippen molar-refractivity contribution in [2.45, 2.75) is 12.8 Å². The van der Waals surface area contributed by atoms with E-state index >= 15 is 0 Å². The highest BCUT2D eigenvalue weighted by Crippen LogP contribution is 2.51. The van der Waals surface area contributed by atoms with Crippen LogP contribution in [0.2, 0.25) is 0 Å². The summed E-state index contributed by atoms with van der Waals surface area (Å²) in [6.07, 6.45) is 2.25. The van der Waals surface area contributed by atoms with Gasteiger partial charge in [-0.3, -0.25) is 0 Å². The SMILES string of the molecule is c1ccc(-c2cccc(-c3cccc(-c4cccc(-c5cccc(-c6ccccc6)c5-n5c6ccccc6c6ccc7c(c8ccccc8n7-c7ccc8c(c7)c7ccccc7n8-c7cccc(-c8ccccc8)c7)c65)c4)c3-n3c4ccccc4c4ccc5c(c6ccccc6n5-c5ccc6c(c5)CC6)c43)c2)cc1. The largest absolute Gasteiger partial charge is 0.309 e. The Labute approximate surface area is 629 Å². The second kappa shape index (κ2) is 24.1. The molecule has 0 saturated carbocycles. The molecule has 5 aromatic heterocycles. The fraction of sp³-hybridized carbons (Fsp3) is 0.0192. The number of aromatic nitrogens is 5. The molecule has 0 fully saturated rings. The molecule has 0 N–H and O–H groups in total. The predicted molar refractivity (Wildman–Crippen MR) is 458 cm³/mol. The highest BCUT2D eigenvalue weighted by Gasteiger charge is 2.29. The lowest BCUT2D eigenvalue weighted by Gasteiger charge is -2.22. The number of hydrogen-bond donors (Lipinski definition) is 0. The maximum atomic E-state index is 2.64. The number of para-hydroxylation sites is 7. The second-order valence-electron chi connectivity index (χ2n) is 29.3. The summed E-state index contributed by atoms with van der Waals surface area (Å²) < 4.78 is 12.7. The summed E-state index contributed by atoms with van der Waals surface area (Å²) in [5, 5.41) is 12.1. The van der Waals surface area contributed by atoms with Crippen molar-refractivity contribution in [3.63, 3.8) is 0 Å². The van der Waals surface area contributed by atoms with Crippen LogP contribution in [0.3, 0.4) is 0 Å². The lowest BCUT2D eigenvalue weighted by molar-refractivity contribution is 0.836. The van der Waals surface area contributed by atoms with Gasteiger partial charge in [0, 0.05) is 93.2 Å². The van der Waals surface area contributed by atoms with Crippen molar-refractivity contribution in [1.29, 1.82) is 0 Å². The Morgan fingerprint density at radius 3 is 0.991 bits per heavy atom. The summed E-state index contributed by atoms with van der Waals surface area (Å²) in [6.45, 7) is 0. The normalized spacial score (nSPS) is 12.3. The van der Waals surface area contributed by atoms with Crippen molar-refractivity contribution >= 4 is 109 Å². The van der Waals surface area contributed by atoms with E-state index in [1.807, 2.05) is 0 Å². The number of benzene rings is 17. The number of hydrogen-bond acceptors (Lipinski definition) is 0. The van der Waals surface area contributed by atoms with Crippen LogP contribution in [0.25, 0.3) is 204 Å². The van der Waals surface area contributed by atoms with Crippen LogP contribution in [0.4, 0.5) is 0 Å². The van der Waals surface area contributed by atoms with Gasteiger partial charge in [-0.1, -0.05) is 285 Å². The molecule has 0 radical (unpaired) electrons. The highest BCUT2D eigenvalue weighted by atomic mass is 15.0. The zero-order valence-electron chi connectivity index (χ0n) is 59.5. The molecule has 508 valence electrons. The highest BCUT2D eigenvalue weighted by molar-refractivity contribution is 6.28. The Morgan fingerprint density at radius 1 is 0.165 bits per heavy atom. The lowest BCUT2D eigenvalue weighted by atomic mass is 9.88. The van der Waals surface area contributed by atoms with Crippen molar-refractivity contribution in [2.24, 2.45) is 0 Å². The fourth-order valence-corrected chi connectivity index (χ4v) is 18.7. The van der Waals surface area contributed by atoms with E-state index in [2.05, 4.69) is 405 Å². The number of aryl methyl sites for hydroxylation is 2. The molecule has 22 aromatic rings. The van der Waals surface area contributed by atoms with E-state index in [-0.39, 0.29) is 0 Å². The summed E-state index contributed by atoms with van der Waals surface area (Å²) in [6, 6.07) is 143. The average Bonchev–Trinajstić information content (AvgIpc) is 1.54. The van der Waals surface area contributed by atoms with Gasteiger partial charge in [-0.15, -0.1) is 0 Å². The third-order valence-electron chi connectivity index (χ3n) is 23.5. The molecule has 5 nitrogen and oxygen atoms in total. The summed E-state index contributed by atoms with van der Waals surface area (Å²) in [5.41, 5.74) is 34.0. The molecule has 5 heterocycles. The molecule has 0 bridgehead atoms. The van der Waals surface area contributed by atoms with E-state index in [1.165, 1.54) is 115 Å². The molecule has 1 aliphatic rings. The molecule has 0 aliphatic heterocycles. The molecule has 109 heavy (non-hydrogen) atoms. The number of fused-ring (bicyclic) bond motifs is 18. The van der Waals surface area contributed by atoms with Crippen LogP contribution in [-0.2, 0) is 12.8 Å². The van der Waals surface area contributed by atoms with Gasteiger partial charge in [-0.2, -0.15) is 0 Å². The van der Waals surface area contributed by atoms with Gasteiger partial charge in [-0.05, 0) is 166 Å². The molecule has 5 heteroatoms. The van der Waals surface area contributed by atoms with Gasteiger partial charge in [0.1, 0.15) is 0 Å². The first-order valence-electron chi connectivity index (χ1n) is 37.9. The Bertz CT molecular complexity index is 7520. The van der Waals surface area contributed by atoms with Crippen LogP contribution in [0.15, 0.2) is 382 Å². The molecule has 0 saturated heterocycles. The van der Waals surface area contributed by atoms with Gasteiger partial charge in [0.25, 0.3) is 0 Å². The molecule has 17 aromatic carbocycles. The van der Waals surface area contributed by atoms with Crippen molar-refractivity contribution < 1.29 is 0 Å². The Balaban J connectivity index is 0.766. The van der Waals surface area contributed by atoms with Crippen LogP contribution in [0.1, 0.15) is 11.1 Å². The first-order valence-corrected chi connectivity index (χ1v) is 37.9. The summed E-state index contributed by atoms with van der Waals surface area (Å²) in [5.74, 6) is 0. The van der Waals surface area contributed by atoms with Gasteiger partial charge >= 0.3 is 0 Å². The molecule has 0 amide bonds. The molecule has 0 atom stereocenters. The average molecular weight is 1390 g/mol. The van der Waals surface area contributed by atoms with Gasteiger partial charge in [-0.25, -0.2) is 0 Å². The van der Waals surface area contributed by atoms with Crippen molar-refractivity contribution in [3.8, 4) is 95.2 Å². The van der Waals surface area contributed by atoms with Gasteiger partial charge in [0.05, 0.1) is 66.5 Å². The van der Waals surface area contributed by atoms with Crippen LogP contribution >= 0.6 is 0 Å². The minimum absolute atomic E-state index is 1.10. The maximum Gasteiger partial charge on any atom is 0.0641 e. The van der Waals surface area contributed by atoms with Gasteiger partial charge < -0.3 is 22.8 Å². The summed E-state index contributed by atoms with van der Waals surface area (Å²) in [7, 11) is 0. The van der Waals surface area contributed by atoms with Crippen LogP contribution in [0.5, 0.6) is 0 Å². The van der Waals surface area contributed by atoms with Crippen molar-refractivity contribution in [3.05, 3.63) is 393 Å². The smallest absolute Gasteiger partial charge is 0.0641 e. The van der Waals surface area contributed by atoms with Gasteiger partial charge in [0.2, 0.25) is 0 Å². The topological polar surface area (TPSA) is 24.6 Å². The minimum Gasteiger partial charge on any atom is -0.309 e. The Morgan fingerprint density at radius 2 is 0.495 bits per heavy atom. The molecule has 0 unspecified atom stereocenters. The Hall–Kier alpha value is -14.3. The maximum absolute atomic E-state index is 2.64. The molecular formula is C104H67N5. The molecule has 23 rings (SSSR count). The standard InChI is InChI=1S/C104H67N5/c1-4-25-66(26-5-1)70-31-20-33-73(61-70)80-44-24-45-82(102(80)109-93-48-17-11-38-84(93)87-56-59-97-99(104(87)109)88-40-13-18-49-94(88)106(97)77-54-53-68-51-52-72(68)64-77)75-35-21-34-74(62-75)81-43-23-42-79(69-29-8-3-9-30-69)101(81)108-92-47-16-10-37-83(92)86-57-60-98-100(103(86)108)89-41-14-19-50-95(89)107(98)78-55-58-96-90(65-78)85-39-12-15-46-91(85)105(96)76-36-22-32-71(63-76)67-27-6-2-7-28-67/h1-50,53-65H,51-52H2. The zero-order valence-corrected chi connectivity index (χ0v) is 59.5. The predicted octanol–water partition coefficient (Wildman–Crippen LogP) is 27.3. The number of nitrogens with zero attached hydrogens (tertiary/aromatic N) is 5. The first-order chi connectivity index (χ1) is 54.1. The van der Waals surface area contributed by atoms with E-state index < -0.39 is 0 Å². The van der Waals surface area contributed by atoms with Crippen LogP contribution < -0.4 is 0 Å². The van der Waals surface area contributed by atoms with E-state index in [0.717, 1.165) is 113 Å². The van der Waals surface area contributed by atoms with E-state index in [9.17, 15) is 0 Å². The lowest BCUT2D eigenvalue weighted by Crippen LogP contribution is -2.09. The minimum atomic E-state index is 1.10. The second-order valence-corrected chi connectivity index (χ2v) is 29.3. The zero-order chi connectivity index (χ0) is 71.4. The Kier molecular flexibility index (Phi) is 13.5.